The van der Waals surface area contributed by atoms with E-state index in [-0.39, 0.29) is 12.0 Å². The first-order valence-corrected chi connectivity index (χ1v) is 11.4. The Bertz CT molecular complexity index is 1010. The first-order chi connectivity index (χ1) is 13.9. The number of esters is 1. The second-order valence-corrected chi connectivity index (χ2v) is 10.2. The van der Waals surface area contributed by atoms with Crippen molar-refractivity contribution < 1.29 is 17.9 Å². The highest BCUT2D eigenvalue weighted by molar-refractivity contribution is 7.92. The van der Waals surface area contributed by atoms with Gasteiger partial charge in [-0.2, -0.15) is 0 Å². The summed E-state index contributed by atoms with van der Waals surface area (Å²) < 4.78 is 31.7. The van der Waals surface area contributed by atoms with Crippen LogP contribution in [0.3, 0.4) is 0 Å². The molecule has 5 nitrogen and oxygen atoms in total. The maximum atomic E-state index is 12.1. The second-order valence-electron chi connectivity index (χ2n) is 8.58. The van der Waals surface area contributed by atoms with Crippen LogP contribution in [0.5, 0.6) is 0 Å². The Morgan fingerprint density at radius 3 is 2.13 bits per heavy atom. The molecule has 2 aromatic rings. The van der Waals surface area contributed by atoms with E-state index in [0.717, 1.165) is 33.2 Å². The maximum Gasteiger partial charge on any atom is 0.321 e. The molecule has 1 N–H and O–H groups in total. The summed E-state index contributed by atoms with van der Waals surface area (Å²) in [6.07, 6.45) is 1.48. The molecular formula is C24H31NO4S. The number of benzene rings is 2. The normalized spacial score (nSPS) is 12.3. The predicted molar refractivity (Wildman–Crippen MR) is 122 cm³/mol. The number of ether oxygens (including phenoxy) is 1. The number of aryl methyl sites for hydroxylation is 3. The number of hydrogen-bond acceptors (Lipinski definition) is 4. The lowest BCUT2D eigenvalue weighted by Gasteiger charge is -2.22. The Morgan fingerprint density at radius 1 is 1.03 bits per heavy atom. The van der Waals surface area contributed by atoms with E-state index in [1.807, 2.05) is 45.0 Å². The van der Waals surface area contributed by atoms with Crippen molar-refractivity contribution in [3.05, 3.63) is 75.2 Å². The van der Waals surface area contributed by atoms with E-state index in [1.165, 1.54) is 11.6 Å². The van der Waals surface area contributed by atoms with Crippen molar-refractivity contribution >= 4 is 22.1 Å². The number of carbonyl (C=O) groups excluding carboxylic acids is 1. The zero-order chi connectivity index (χ0) is 22.5. The van der Waals surface area contributed by atoms with Crippen molar-refractivity contribution in [1.29, 1.82) is 0 Å². The van der Waals surface area contributed by atoms with Gasteiger partial charge in [-0.15, -0.1) is 0 Å². The molecule has 0 aliphatic carbocycles. The Balaban J connectivity index is 1.92. The van der Waals surface area contributed by atoms with E-state index >= 15 is 0 Å². The highest BCUT2D eigenvalue weighted by Crippen LogP contribution is 2.27. The van der Waals surface area contributed by atoms with Gasteiger partial charge in [0.05, 0.1) is 0 Å². The van der Waals surface area contributed by atoms with Crippen molar-refractivity contribution in [3.63, 3.8) is 0 Å². The molecule has 0 saturated heterocycles. The molecule has 0 heterocycles. The maximum absolute atomic E-state index is 12.1. The molecule has 0 saturated carbocycles. The molecule has 30 heavy (non-hydrogen) atoms. The molecule has 0 aliphatic rings. The third-order valence-corrected chi connectivity index (χ3v) is 5.92. The number of sulfonamides is 1. The van der Waals surface area contributed by atoms with Gasteiger partial charge in [-0.1, -0.05) is 62.7 Å². The molecule has 0 radical (unpaired) electrons. The lowest BCUT2D eigenvalue weighted by atomic mass is 9.84. The van der Waals surface area contributed by atoms with Gasteiger partial charge in [0.1, 0.15) is 13.2 Å². The monoisotopic (exact) mass is 429 g/mol. The van der Waals surface area contributed by atoms with Gasteiger partial charge in [0, 0.05) is 5.41 Å². The minimum absolute atomic E-state index is 0.0368. The van der Waals surface area contributed by atoms with Crippen molar-refractivity contribution in [2.75, 3.05) is 6.54 Å². The van der Waals surface area contributed by atoms with E-state index in [1.54, 1.807) is 0 Å². The molecule has 162 valence electrons. The van der Waals surface area contributed by atoms with Crippen LogP contribution in [-0.4, -0.2) is 20.9 Å². The molecule has 0 bridgehead atoms. The quantitative estimate of drug-likeness (QED) is 0.656. The number of hydrogen-bond donors (Lipinski definition) is 1. The Labute approximate surface area is 180 Å². The zero-order valence-corrected chi connectivity index (χ0v) is 19.4. The van der Waals surface area contributed by atoms with Crippen LogP contribution in [-0.2, 0) is 31.6 Å². The molecule has 0 spiro atoms. The number of rotatable bonds is 7. The van der Waals surface area contributed by atoms with Gasteiger partial charge in [0.25, 0.3) is 0 Å². The van der Waals surface area contributed by atoms with Crippen LogP contribution in [0, 0.1) is 20.8 Å². The van der Waals surface area contributed by atoms with E-state index < -0.39 is 22.5 Å². The summed E-state index contributed by atoms with van der Waals surface area (Å²) in [5.74, 6) is -0.624. The van der Waals surface area contributed by atoms with E-state index in [0.29, 0.717) is 0 Å². The van der Waals surface area contributed by atoms with Crippen LogP contribution in [0.1, 0.15) is 54.2 Å². The molecule has 0 unspecified atom stereocenters. The third kappa shape index (κ3) is 7.11. The van der Waals surface area contributed by atoms with E-state index in [2.05, 4.69) is 37.6 Å². The van der Waals surface area contributed by atoms with Crippen molar-refractivity contribution in [2.45, 2.75) is 53.6 Å². The smallest absolute Gasteiger partial charge is 0.321 e. The number of carbonyl (C=O) groups is 1. The predicted octanol–water partition coefficient (Wildman–Crippen LogP) is 4.54. The largest absolute Gasteiger partial charge is 0.460 e. The van der Waals surface area contributed by atoms with Crippen LogP contribution >= 0.6 is 0 Å². The molecule has 0 atom stereocenters. The lowest BCUT2D eigenvalue weighted by Crippen LogP contribution is -2.29. The van der Waals surface area contributed by atoms with Crippen LogP contribution in [0.2, 0.25) is 0 Å². The highest BCUT2D eigenvalue weighted by Gasteiger charge is 2.17. The minimum Gasteiger partial charge on any atom is -0.460 e. The first-order valence-electron chi connectivity index (χ1n) is 9.88. The van der Waals surface area contributed by atoms with Crippen LogP contribution in [0.25, 0.3) is 6.08 Å². The Hall–Kier alpha value is -2.44. The average molecular weight is 430 g/mol. The van der Waals surface area contributed by atoms with Gasteiger partial charge in [-0.25, -0.2) is 13.1 Å². The molecule has 2 aromatic carbocycles. The summed E-state index contributed by atoms with van der Waals surface area (Å²) in [7, 11) is -3.74. The Morgan fingerprint density at radius 2 is 1.60 bits per heavy atom. The van der Waals surface area contributed by atoms with Gasteiger partial charge < -0.3 is 4.74 Å². The summed E-state index contributed by atoms with van der Waals surface area (Å²) in [6.45, 7) is 12.1. The van der Waals surface area contributed by atoms with Gasteiger partial charge in [0.2, 0.25) is 10.0 Å². The summed E-state index contributed by atoms with van der Waals surface area (Å²) >= 11 is 0. The lowest BCUT2D eigenvalue weighted by molar-refractivity contribution is -0.143. The van der Waals surface area contributed by atoms with Gasteiger partial charge >= 0.3 is 5.97 Å². The molecule has 0 fully saturated rings. The second kappa shape index (κ2) is 9.58. The highest BCUT2D eigenvalue weighted by atomic mass is 32.2. The fraction of sp³-hybridized carbons (Fsp3) is 0.375. The standard InChI is InChI=1S/C24H31NO4S/c1-17-7-9-20(10-8-17)11-12-30(27,28)25-15-23(26)29-16-22-18(2)13-21(14-19(22)3)24(4,5)6/h7-14,25H,15-16H2,1-6H3/b12-11+. The topological polar surface area (TPSA) is 72.5 Å². The summed E-state index contributed by atoms with van der Waals surface area (Å²) in [6, 6.07) is 11.7. The first kappa shape index (κ1) is 23.8. The van der Waals surface area contributed by atoms with Crippen LogP contribution in [0.4, 0.5) is 0 Å². The van der Waals surface area contributed by atoms with Crippen LogP contribution in [0.15, 0.2) is 41.8 Å². The van der Waals surface area contributed by atoms with Crippen molar-refractivity contribution in [2.24, 2.45) is 0 Å². The fourth-order valence-corrected chi connectivity index (χ4v) is 3.66. The fourth-order valence-electron chi connectivity index (χ4n) is 2.91. The molecule has 0 aliphatic heterocycles. The SMILES string of the molecule is Cc1ccc(/C=C/S(=O)(=O)NCC(=O)OCc2c(C)cc(C(C)(C)C)cc2C)cc1. The van der Waals surface area contributed by atoms with E-state index in [4.69, 9.17) is 4.74 Å². The van der Waals surface area contributed by atoms with Gasteiger partial charge in [0.15, 0.2) is 0 Å². The third-order valence-electron chi connectivity index (χ3n) is 4.87. The summed E-state index contributed by atoms with van der Waals surface area (Å²) in [5, 5.41) is 1.05. The van der Waals surface area contributed by atoms with Crippen molar-refractivity contribution in [3.8, 4) is 0 Å². The minimum atomic E-state index is -3.74. The van der Waals surface area contributed by atoms with Crippen LogP contribution < -0.4 is 4.72 Å². The average Bonchev–Trinajstić information content (AvgIpc) is 2.64. The molecular weight excluding hydrogens is 398 g/mol. The zero-order valence-electron chi connectivity index (χ0n) is 18.6. The molecule has 6 heteroatoms. The summed E-state index contributed by atoms with van der Waals surface area (Å²) in [4.78, 5) is 12.1. The number of nitrogens with one attached hydrogen (secondary N) is 1. The van der Waals surface area contributed by atoms with Gasteiger partial charge in [-0.05, 0) is 60.1 Å². The Kier molecular flexibility index (Phi) is 7.61. The molecule has 0 aromatic heterocycles. The molecule has 2 rings (SSSR count). The van der Waals surface area contributed by atoms with Crippen molar-refractivity contribution in [1.82, 2.24) is 4.72 Å². The summed E-state index contributed by atoms with van der Waals surface area (Å²) in [5.41, 5.74) is 6.16. The van der Waals surface area contributed by atoms with Gasteiger partial charge in [-0.3, -0.25) is 4.79 Å². The van der Waals surface area contributed by atoms with E-state index in [9.17, 15) is 13.2 Å². The molecule has 0 amide bonds.